The van der Waals surface area contributed by atoms with Crippen LogP contribution in [0.2, 0.25) is 10.0 Å². The summed E-state index contributed by atoms with van der Waals surface area (Å²) in [5.41, 5.74) is 2.71. The lowest BCUT2D eigenvalue weighted by Crippen LogP contribution is -2.00. The Labute approximate surface area is 156 Å². The predicted molar refractivity (Wildman–Crippen MR) is 101 cm³/mol. The fourth-order valence-corrected chi connectivity index (χ4v) is 2.80. The van der Waals surface area contributed by atoms with Crippen LogP contribution in [0.4, 0.5) is 10.1 Å². The number of benzene rings is 3. The van der Waals surface area contributed by atoms with Crippen LogP contribution in [0.15, 0.2) is 66.7 Å². The van der Waals surface area contributed by atoms with E-state index in [1.165, 1.54) is 12.1 Å². The van der Waals surface area contributed by atoms with Crippen molar-refractivity contribution < 1.29 is 9.13 Å². The molecule has 3 aromatic carbocycles. The van der Waals surface area contributed by atoms with Crippen molar-refractivity contribution in [3.05, 3.63) is 93.7 Å². The van der Waals surface area contributed by atoms with E-state index in [1.807, 2.05) is 36.4 Å². The molecule has 0 saturated carbocycles. The molecule has 0 aromatic heterocycles. The van der Waals surface area contributed by atoms with Crippen molar-refractivity contribution >= 4 is 28.9 Å². The molecule has 0 atom stereocenters. The summed E-state index contributed by atoms with van der Waals surface area (Å²) in [4.78, 5) is 0. The van der Waals surface area contributed by atoms with Crippen LogP contribution < -0.4 is 10.1 Å². The number of halogens is 3. The summed E-state index contributed by atoms with van der Waals surface area (Å²) in [6.07, 6.45) is 0. The number of ether oxygens (including phenoxy) is 1. The second-order valence-corrected chi connectivity index (χ2v) is 6.38. The van der Waals surface area contributed by atoms with Gasteiger partial charge in [-0.2, -0.15) is 0 Å². The van der Waals surface area contributed by atoms with Gasteiger partial charge in [-0.05, 0) is 53.6 Å². The zero-order chi connectivity index (χ0) is 17.6. The average molecular weight is 376 g/mol. The van der Waals surface area contributed by atoms with Gasteiger partial charge < -0.3 is 10.1 Å². The van der Waals surface area contributed by atoms with Crippen LogP contribution in [0.25, 0.3) is 0 Å². The van der Waals surface area contributed by atoms with Gasteiger partial charge in [0.15, 0.2) is 0 Å². The first-order valence-corrected chi connectivity index (χ1v) is 8.51. The third kappa shape index (κ3) is 5.12. The molecule has 25 heavy (non-hydrogen) atoms. The number of hydrogen-bond donors (Lipinski definition) is 1. The standard InChI is InChI=1S/C20H16Cl2FNO/c21-16-6-9-20(19(22)11-16)24-12-14-4-7-18(8-5-14)25-13-15-2-1-3-17(23)10-15/h1-11,24H,12-13H2. The Hall–Kier alpha value is -2.23. The molecule has 0 spiro atoms. The maximum absolute atomic E-state index is 13.1. The van der Waals surface area contributed by atoms with Gasteiger partial charge in [0.25, 0.3) is 0 Å². The zero-order valence-electron chi connectivity index (χ0n) is 13.3. The minimum Gasteiger partial charge on any atom is -0.489 e. The molecule has 3 rings (SSSR count). The molecule has 0 amide bonds. The van der Waals surface area contributed by atoms with E-state index in [9.17, 15) is 4.39 Å². The van der Waals surface area contributed by atoms with Gasteiger partial charge in [0.05, 0.1) is 10.7 Å². The lowest BCUT2D eigenvalue weighted by Gasteiger charge is -2.10. The Morgan fingerprint density at radius 3 is 2.40 bits per heavy atom. The van der Waals surface area contributed by atoms with Crippen molar-refractivity contribution in [2.75, 3.05) is 5.32 Å². The SMILES string of the molecule is Fc1cccc(COc2ccc(CNc3ccc(Cl)cc3Cl)cc2)c1. The molecule has 5 heteroatoms. The molecule has 0 heterocycles. The van der Waals surface area contributed by atoms with Crippen molar-refractivity contribution in [2.45, 2.75) is 13.2 Å². The lowest BCUT2D eigenvalue weighted by molar-refractivity contribution is 0.305. The summed E-state index contributed by atoms with van der Waals surface area (Å²) in [6.45, 7) is 0.960. The molecular formula is C20H16Cl2FNO. The van der Waals surface area contributed by atoms with Gasteiger partial charge in [-0.1, -0.05) is 47.5 Å². The van der Waals surface area contributed by atoms with E-state index in [2.05, 4.69) is 5.32 Å². The second-order valence-electron chi connectivity index (χ2n) is 5.54. The highest BCUT2D eigenvalue weighted by molar-refractivity contribution is 6.36. The number of rotatable bonds is 6. The van der Waals surface area contributed by atoms with E-state index >= 15 is 0 Å². The summed E-state index contributed by atoms with van der Waals surface area (Å²) in [5.74, 6) is 0.473. The van der Waals surface area contributed by atoms with E-state index in [4.69, 9.17) is 27.9 Å². The second kappa shape index (κ2) is 8.24. The molecule has 3 aromatic rings. The largest absolute Gasteiger partial charge is 0.489 e. The van der Waals surface area contributed by atoms with Crippen LogP contribution in [0.1, 0.15) is 11.1 Å². The van der Waals surface area contributed by atoms with E-state index in [0.717, 1.165) is 22.6 Å². The summed E-state index contributed by atoms with van der Waals surface area (Å²) in [5, 5.41) is 4.46. The minimum atomic E-state index is -0.261. The molecule has 128 valence electrons. The summed E-state index contributed by atoms with van der Waals surface area (Å²) in [6, 6.07) is 19.4. The normalized spacial score (nSPS) is 10.5. The monoisotopic (exact) mass is 375 g/mol. The molecule has 0 aliphatic rings. The maximum Gasteiger partial charge on any atom is 0.123 e. The summed E-state index contributed by atoms with van der Waals surface area (Å²) >= 11 is 12.0. The van der Waals surface area contributed by atoms with Gasteiger partial charge in [-0.15, -0.1) is 0 Å². The van der Waals surface area contributed by atoms with E-state index in [0.29, 0.717) is 23.2 Å². The first-order valence-electron chi connectivity index (χ1n) is 7.75. The Morgan fingerprint density at radius 2 is 1.68 bits per heavy atom. The predicted octanol–water partition coefficient (Wildman–Crippen LogP) is 6.32. The first-order chi connectivity index (χ1) is 12.1. The molecule has 0 aliphatic heterocycles. The Morgan fingerprint density at radius 1 is 0.880 bits per heavy atom. The highest BCUT2D eigenvalue weighted by Gasteiger charge is 2.02. The van der Waals surface area contributed by atoms with Crippen molar-refractivity contribution in [1.82, 2.24) is 0 Å². The molecular weight excluding hydrogens is 360 g/mol. The quantitative estimate of drug-likeness (QED) is 0.543. The molecule has 0 bridgehead atoms. The molecule has 0 saturated heterocycles. The topological polar surface area (TPSA) is 21.3 Å². The molecule has 0 aliphatic carbocycles. The van der Waals surface area contributed by atoms with Crippen LogP contribution in [0, 0.1) is 5.82 Å². The molecule has 2 nitrogen and oxygen atoms in total. The number of hydrogen-bond acceptors (Lipinski definition) is 2. The Kier molecular flexibility index (Phi) is 5.79. The van der Waals surface area contributed by atoms with Gasteiger partial charge in [0, 0.05) is 11.6 Å². The van der Waals surface area contributed by atoms with Crippen LogP contribution in [-0.2, 0) is 13.2 Å². The molecule has 0 unspecified atom stereocenters. The maximum atomic E-state index is 13.1. The van der Waals surface area contributed by atoms with Gasteiger partial charge in [-0.25, -0.2) is 4.39 Å². The van der Waals surface area contributed by atoms with Crippen molar-refractivity contribution in [1.29, 1.82) is 0 Å². The average Bonchev–Trinajstić information content (AvgIpc) is 2.60. The fourth-order valence-electron chi connectivity index (χ4n) is 2.33. The zero-order valence-corrected chi connectivity index (χ0v) is 14.8. The third-order valence-electron chi connectivity index (χ3n) is 3.63. The third-order valence-corrected chi connectivity index (χ3v) is 4.18. The van der Waals surface area contributed by atoms with Gasteiger partial charge in [0.1, 0.15) is 18.2 Å². The lowest BCUT2D eigenvalue weighted by atomic mass is 10.2. The van der Waals surface area contributed by atoms with Crippen molar-refractivity contribution in [2.24, 2.45) is 0 Å². The Bertz CT molecular complexity index is 853. The fraction of sp³-hybridized carbons (Fsp3) is 0.100. The van der Waals surface area contributed by atoms with E-state index in [-0.39, 0.29) is 5.82 Å². The first kappa shape index (κ1) is 17.6. The van der Waals surface area contributed by atoms with Gasteiger partial charge >= 0.3 is 0 Å². The van der Waals surface area contributed by atoms with Crippen LogP contribution >= 0.6 is 23.2 Å². The number of nitrogens with one attached hydrogen (secondary N) is 1. The van der Waals surface area contributed by atoms with E-state index < -0.39 is 0 Å². The minimum absolute atomic E-state index is 0.261. The summed E-state index contributed by atoms with van der Waals surface area (Å²) in [7, 11) is 0. The van der Waals surface area contributed by atoms with E-state index in [1.54, 1.807) is 18.2 Å². The molecule has 0 radical (unpaired) electrons. The van der Waals surface area contributed by atoms with Crippen LogP contribution in [0.3, 0.4) is 0 Å². The highest BCUT2D eigenvalue weighted by atomic mass is 35.5. The van der Waals surface area contributed by atoms with Crippen molar-refractivity contribution in [3.63, 3.8) is 0 Å². The van der Waals surface area contributed by atoms with Gasteiger partial charge in [0.2, 0.25) is 0 Å². The smallest absolute Gasteiger partial charge is 0.123 e. The van der Waals surface area contributed by atoms with Crippen LogP contribution in [0.5, 0.6) is 5.75 Å². The van der Waals surface area contributed by atoms with Gasteiger partial charge in [-0.3, -0.25) is 0 Å². The molecule has 0 fully saturated rings. The molecule has 1 N–H and O–H groups in total. The Balaban J connectivity index is 1.55. The highest BCUT2D eigenvalue weighted by Crippen LogP contribution is 2.26. The summed E-state index contributed by atoms with van der Waals surface area (Å²) < 4.78 is 18.8. The number of anilines is 1. The van der Waals surface area contributed by atoms with Crippen LogP contribution in [-0.4, -0.2) is 0 Å². The van der Waals surface area contributed by atoms with Crippen molar-refractivity contribution in [3.8, 4) is 5.75 Å².